The van der Waals surface area contributed by atoms with Gasteiger partial charge in [0.2, 0.25) is 0 Å². The molecule has 0 radical (unpaired) electrons. The van der Waals surface area contributed by atoms with E-state index < -0.39 is 0 Å². The third kappa shape index (κ3) is 2.55. The maximum Gasteiger partial charge on any atom is 0.326 e. The number of oxime groups is 1. The summed E-state index contributed by atoms with van der Waals surface area (Å²) < 4.78 is 1.59. The van der Waals surface area contributed by atoms with E-state index in [4.69, 9.17) is 0 Å². The Kier molecular flexibility index (Phi) is 3.27. The second kappa shape index (κ2) is 4.86. The van der Waals surface area contributed by atoms with E-state index in [1.165, 1.54) is 0 Å². The topological polar surface area (TPSA) is 59.4 Å². The third-order valence-electron chi connectivity index (χ3n) is 2.59. The van der Waals surface area contributed by atoms with Crippen LogP contribution in [0.1, 0.15) is 13.3 Å². The van der Waals surface area contributed by atoms with E-state index in [9.17, 15) is 4.79 Å². The number of hydrogen-bond acceptors (Lipinski definition) is 3. The molecule has 0 aliphatic carbocycles. The summed E-state index contributed by atoms with van der Waals surface area (Å²) >= 11 is 0. The minimum absolute atomic E-state index is 0.0637. The molecule has 0 saturated carbocycles. The lowest BCUT2D eigenvalue weighted by Crippen LogP contribution is -2.11. The number of aryl methyl sites for hydroxylation is 1. The number of fused-ring (bicyclic) bond motifs is 1. The van der Waals surface area contributed by atoms with Gasteiger partial charge >= 0.3 is 5.69 Å². The number of benzene rings is 1. The van der Waals surface area contributed by atoms with Gasteiger partial charge in [-0.05, 0) is 19.1 Å². The van der Waals surface area contributed by atoms with Crippen LogP contribution in [0.15, 0.2) is 34.2 Å². The molecule has 0 atom stereocenters. The molecule has 0 fully saturated rings. The zero-order chi connectivity index (χ0) is 12.3. The molecule has 5 heteroatoms. The molecule has 1 aromatic heterocycles. The van der Waals surface area contributed by atoms with E-state index in [-0.39, 0.29) is 5.69 Å². The number of para-hydroxylation sites is 2. The van der Waals surface area contributed by atoms with Crippen molar-refractivity contribution < 1.29 is 4.84 Å². The molecule has 1 N–H and O–H groups in total. The lowest BCUT2D eigenvalue weighted by Gasteiger charge is -1.89. The van der Waals surface area contributed by atoms with Crippen LogP contribution >= 0.6 is 0 Å². The molecular weight excluding hydrogens is 218 g/mol. The van der Waals surface area contributed by atoms with E-state index in [1.54, 1.807) is 11.6 Å². The van der Waals surface area contributed by atoms with E-state index >= 15 is 0 Å². The molecule has 1 aliphatic heterocycles. The molecule has 2 aromatic rings. The number of nitrogens with one attached hydrogen (secondary N) is 1. The van der Waals surface area contributed by atoms with Gasteiger partial charge in [-0.15, -0.1) is 0 Å². The number of H-pyrrole nitrogens is 1. The molecule has 1 aliphatic rings. The molecule has 0 spiro atoms. The van der Waals surface area contributed by atoms with E-state index in [0.29, 0.717) is 0 Å². The quantitative estimate of drug-likeness (QED) is 0.752. The Hall–Kier alpha value is -2.04. The first-order chi connectivity index (χ1) is 8.18. The highest BCUT2D eigenvalue weighted by molar-refractivity contribution is 5.82. The lowest BCUT2D eigenvalue weighted by molar-refractivity contribution is 0.173. The predicted molar refractivity (Wildman–Crippen MR) is 67.2 cm³/mol. The van der Waals surface area contributed by atoms with Crippen molar-refractivity contribution in [2.45, 2.75) is 13.3 Å². The van der Waals surface area contributed by atoms with E-state index in [2.05, 4.69) is 15.0 Å². The smallest absolute Gasteiger partial charge is 0.326 e. The monoisotopic (exact) mass is 233 g/mol. The minimum atomic E-state index is -0.0637. The first-order valence-corrected chi connectivity index (χ1v) is 5.47. The summed E-state index contributed by atoms with van der Waals surface area (Å²) in [6.45, 7) is 2.75. The van der Waals surface area contributed by atoms with Gasteiger partial charge in [0, 0.05) is 13.5 Å². The van der Waals surface area contributed by atoms with Crippen LogP contribution in [-0.2, 0) is 11.9 Å². The van der Waals surface area contributed by atoms with Crippen molar-refractivity contribution in [1.29, 1.82) is 0 Å². The number of hydrogen-bond donors (Lipinski definition) is 1. The van der Waals surface area contributed by atoms with Crippen LogP contribution < -0.4 is 5.69 Å². The number of nitrogens with zero attached hydrogens (tertiary/aromatic N) is 2. The Morgan fingerprint density at radius 2 is 2.18 bits per heavy atom. The first kappa shape index (κ1) is 11.4. The van der Waals surface area contributed by atoms with Crippen LogP contribution in [-0.4, -0.2) is 21.9 Å². The van der Waals surface area contributed by atoms with Gasteiger partial charge < -0.3 is 9.82 Å². The van der Waals surface area contributed by atoms with Crippen molar-refractivity contribution >= 4 is 16.7 Å². The van der Waals surface area contributed by atoms with Gasteiger partial charge in [-0.3, -0.25) is 4.57 Å². The van der Waals surface area contributed by atoms with Crippen molar-refractivity contribution in [3.8, 4) is 0 Å². The summed E-state index contributed by atoms with van der Waals surface area (Å²) in [6.07, 6.45) is 1.01. The van der Waals surface area contributed by atoms with Crippen molar-refractivity contribution in [2.24, 2.45) is 12.2 Å². The fourth-order valence-electron chi connectivity index (χ4n) is 1.58. The minimum Gasteiger partial charge on any atom is -0.395 e. The van der Waals surface area contributed by atoms with Crippen LogP contribution in [0.25, 0.3) is 11.0 Å². The van der Waals surface area contributed by atoms with Gasteiger partial charge in [-0.1, -0.05) is 17.3 Å². The van der Waals surface area contributed by atoms with Crippen LogP contribution in [0.2, 0.25) is 0 Å². The number of rotatable bonds is 0. The summed E-state index contributed by atoms with van der Waals surface area (Å²) in [5.41, 5.74) is 2.87. The fraction of sp³-hybridized carbons (Fsp3) is 0.333. The van der Waals surface area contributed by atoms with Crippen molar-refractivity contribution in [3.63, 3.8) is 0 Å². The Morgan fingerprint density at radius 3 is 2.71 bits per heavy atom. The number of aromatic nitrogens is 2. The lowest BCUT2D eigenvalue weighted by atomic mass is 10.3. The molecule has 5 nitrogen and oxygen atoms in total. The van der Waals surface area contributed by atoms with Crippen LogP contribution in [0.4, 0.5) is 0 Å². The Labute approximate surface area is 98.7 Å². The Balaban J connectivity index is 0.000000153. The van der Waals surface area contributed by atoms with Crippen LogP contribution in [0.3, 0.4) is 0 Å². The Morgan fingerprint density at radius 1 is 1.41 bits per heavy atom. The highest BCUT2D eigenvalue weighted by Gasteiger charge is 1.99. The molecule has 0 amide bonds. The molecule has 0 saturated heterocycles. The zero-order valence-electron chi connectivity index (χ0n) is 9.93. The fourth-order valence-corrected chi connectivity index (χ4v) is 1.58. The molecule has 0 unspecified atom stereocenters. The average Bonchev–Trinajstić information content (AvgIpc) is 2.90. The van der Waals surface area contributed by atoms with Gasteiger partial charge in [0.15, 0.2) is 0 Å². The molecule has 2 heterocycles. The zero-order valence-corrected chi connectivity index (χ0v) is 9.93. The summed E-state index contributed by atoms with van der Waals surface area (Å²) in [5, 5.41) is 3.65. The van der Waals surface area contributed by atoms with Crippen molar-refractivity contribution in [3.05, 3.63) is 34.7 Å². The van der Waals surface area contributed by atoms with Crippen molar-refractivity contribution in [1.82, 2.24) is 9.55 Å². The Bertz CT molecular complexity index is 595. The van der Waals surface area contributed by atoms with Gasteiger partial charge in [0.1, 0.15) is 6.61 Å². The third-order valence-corrected chi connectivity index (χ3v) is 2.59. The van der Waals surface area contributed by atoms with Crippen LogP contribution in [0.5, 0.6) is 0 Å². The summed E-state index contributed by atoms with van der Waals surface area (Å²) in [5.74, 6) is 0. The molecule has 90 valence electrons. The SMILES string of the molecule is CC1=NOCC1.Cn1c(=O)[nH]c2ccccc21. The summed E-state index contributed by atoms with van der Waals surface area (Å²) in [6, 6.07) is 7.61. The second-order valence-electron chi connectivity index (χ2n) is 3.92. The van der Waals surface area contributed by atoms with Crippen LogP contribution in [0, 0.1) is 0 Å². The van der Waals surface area contributed by atoms with Gasteiger partial charge in [0.25, 0.3) is 0 Å². The van der Waals surface area contributed by atoms with Gasteiger partial charge in [-0.25, -0.2) is 4.79 Å². The predicted octanol–water partition coefficient (Wildman–Crippen LogP) is 1.65. The maximum atomic E-state index is 11.0. The maximum absolute atomic E-state index is 11.0. The highest BCUT2D eigenvalue weighted by atomic mass is 16.6. The average molecular weight is 233 g/mol. The molecule has 17 heavy (non-hydrogen) atoms. The van der Waals surface area contributed by atoms with Crippen molar-refractivity contribution in [2.75, 3.05) is 6.61 Å². The van der Waals surface area contributed by atoms with Gasteiger partial charge in [-0.2, -0.15) is 0 Å². The first-order valence-electron chi connectivity index (χ1n) is 5.47. The number of imidazole rings is 1. The summed E-state index contributed by atoms with van der Waals surface area (Å²) in [4.78, 5) is 18.4. The summed E-state index contributed by atoms with van der Waals surface area (Å²) in [7, 11) is 1.75. The molecular formula is C12H15N3O2. The standard InChI is InChI=1S/C8H8N2O.C4H7NO/c1-10-7-5-3-2-4-6(7)9-8(10)11;1-4-2-3-6-5-4/h2-5H,1H3,(H,9,11);2-3H2,1H3. The highest BCUT2D eigenvalue weighted by Crippen LogP contribution is 2.06. The molecule has 0 bridgehead atoms. The normalized spacial score (nSPS) is 13.9. The second-order valence-corrected chi connectivity index (χ2v) is 3.92. The molecule has 3 rings (SSSR count). The van der Waals surface area contributed by atoms with Gasteiger partial charge in [0.05, 0.1) is 16.7 Å². The largest absolute Gasteiger partial charge is 0.395 e. The van der Waals surface area contributed by atoms with E-state index in [1.807, 2.05) is 31.2 Å². The number of aromatic amines is 1. The molecule has 1 aromatic carbocycles. The van der Waals surface area contributed by atoms with E-state index in [0.717, 1.165) is 29.8 Å².